The van der Waals surface area contributed by atoms with Crippen molar-refractivity contribution in [2.75, 3.05) is 19.8 Å². The molecule has 2 aromatic rings. The summed E-state index contributed by atoms with van der Waals surface area (Å²) in [6, 6.07) is 6.56. The van der Waals surface area contributed by atoms with Gasteiger partial charge < -0.3 is 9.14 Å². The summed E-state index contributed by atoms with van der Waals surface area (Å²) in [5.74, 6) is 0. The van der Waals surface area contributed by atoms with E-state index in [-0.39, 0.29) is 0 Å². The predicted molar refractivity (Wildman–Crippen MR) is 65.9 cm³/mol. The van der Waals surface area contributed by atoms with Crippen LogP contribution in [0.4, 0.5) is 0 Å². The van der Waals surface area contributed by atoms with Gasteiger partial charge in [0.05, 0.1) is 18.9 Å². The minimum Gasteiger partial charge on any atom is -0.379 e. The molecule has 4 nitrogen and oxygen atoms in total. The number of nitrogens with zero attached hydrogens (tertiary/aromatic N) is 3. The Morgan fingerprint density at radius 3 is 3.24 bits per heavy atom. The highest BCUT2D eigenvalue weighted by molar-refractivity contribution is 5.39. The molecule has 1 aliphatic heterocycles. The number of pyridine rings is 1. The lowest BCUT2D eigenvalue weighted by Crippen LogP contribution is -2.42. The first-order valence-electron chi connectivity index (χ1n) is 6.07. The second kappa shape index (κ2) is 4.47. The van der Waals surface area contributed by atoms with Gasteiger partial charge in [0.15, 0.2) is 0 Å². The Balaban J connectivity index is 1.79. The molecule has 2 aromatic heterocycles. The number of rotatable bonds is 2. The summed E-state index contributed by atoms with van der Waals surface area (Å²) in [6.45, 7) is 5.77. The van der Waals surface area contributed by atoms with Gasteiger partial charge in [-0.15, -0.1) is 0 Å². The van der Waals surface area contributed by atoms with Crippen LogP contribution in [-0.4, -0.2) is 40.1 Å². The largest absolute Gasteiger partial charge is 0.379 e. The standard InChI is InChI=1S/C13H17N3O/c1-11-10-17-7-6-15(11)8-12-9-16-5-3-2-4-13(16)14-12/h2-5,9,11H,6-8,10H2,1H3. The highest BCUT2D eigenvalue weighted by atomic mass is 16.5. The van der Waals surface area contributed by atoms with E-state index < -0.39 is 0 Å². The number of hydrogen-bond acceptors (Lipinski definition) is 3. The minimum atomic E-state index is 0.480. The fourth-order valence-corrected chi connectivity index (χ4v) is 2.27. The summed E-state index contributed by atoms with van der Waals surface area (Å²) in [4.78, 5) is 7.04. The van der Waals surface area contributed by atoms with E-state index in [1.807, 2.05) is 24.4 Å². The van der Waals surface area contributed by atoms with E-state index in [0.717, 1.165) is 37.6 Å². The Morgan fingerprint density at radius 2 is 2.41 bits per heavy atom. The smallest absolute Gasteiger partial charge is 0.137 e. The summed E-state index contributed by atoms with van der Waals surface area (Å²) >= 11 is 0. The van der Waals surface area contributed by atoms with E-state index in [4.69, 9.17) is 4.74 Å². The molecule has 0 saturated carbocycles. The lowest BCUT2D eigenvalue weighted by Gasteiger charge is -2.32. The third kappa shape index (κ3) is 2.18. The Hall–Kier alpha value is -1.39. The topological polar surface area (TPSA) is 29.8 Å². The first-order valence-corrected chi connectivity index (χ1v) is 6.07. The number of fused-ring (bicyclic) bond motifs is 1. The molecule has 17 heavy (non-hydrogen) atoms. The van der Waals surface area contributed by atoms with Crippen LogP contribution in [0.2, 0.25) is 0 Å². The molecule has 3 heterocycles. The molecular weight excluding hydrogens is 214 g/mol. The maximum atomic E-state index is 5.44. The van der Waals surface area contributed by atoms with Crippen molar-refractivity contribution in [3.8, 4) is 0 Å². The van der Waals surface area contributed by atoms with Crippen LogP contribution in [0.25, 0.3) is 5.65 Å². The van der Waals surface area contributed by atoms with Gasteiger partial charge in [-0.25, -0.2) is 4.98 Å². The number of ether oxygens (including phenoxy) is 1. The second-order valence-electron chi connectivity index (χ2n) is 4.59. The Morgan fingerprint density at radius 1 is 1.47 bits per heavy atom. The fourth-order valence-electron chi connectivity index (χ4n) is 2.27. The van der Waals surface area contributed by atoms with E-state index >= 15 is 0 Å². The molecule has 1 saturated heterocycles. The van der Waals surface area contributed by atoms with Crippen LogP contribution in [-0.2, 0) is 11.3 Å². The van der Waals surface area contributed by atoms with Crippen molar-refractivity contribution in [1.82, 2.24) is 14.3 Å². The third-order valence-corrected chi connectivity index (χ3v) is 3.28. The van der Waals surface area contributed by atoms with Crippen LogP contribution in [0.5, 0.6) is 0 Å². The van der Waals surface area contributed by atoms with E-state index in [2.05, 4.69) is 27.4 Å². The zero-order valence-corrected chi connectivity index (χ0v) is 10.0. The molecule has 4 heteroatoms. The lowest BCUT2D eigenvalue weighted by molar-refractivity contribution is -0.00484. The molecule has 3 rings (SSSR count). The number of morpholine rings is 1. The van der Waals surface area contributed by atoms with Crippen LogP contribution in [0.1, 0.15) is 12.6 Å². The summed E-state index contributed by atoms with van der Waals surface area (Å²) in [6.07, 6.45) is 4.14. The Bertz CT molecular complexity index is 475. The third-order valence-electron chi connectivity index (χ3n) is 3.28. The zero-order valence-electron chi connectivity index (χ0n) is 10.0. The van der Waals surface area contributed by atoms with Crippen molar-refractivity contribution in [2.24, 2.45) is 0 Å². The molecule has 0 amide bonds. The molecule has 0 aliphatic carbocycles. The average Bonchev–Trinajstić information content (AvgIpc) is 2.74. The lowest BCUT2D eigenvalue weighted by atomic mass is 10.2. The molecule has 1 fully saturated rings. The summed E-state index contributed by atoms with van der Waals surface area (Å²) < 4.78 is 7.51. The van der Waals surface area contributed by atoms with Crippen molar-refractivity contribution in [1.29, 1.82) is 0 Å². The van der Waals surface area contributed by atoms with Crippen LogP contribution in [0.15, 0.2) is 30.6 Å². The van der Waals surface area contributed by atoms with E-state index in [9.17, 15) is 0 Å². The molecule has 1 atom stereocenters. The van der Waals surface area contributed by atoms with E-state index in [0.29, 0.717) is 6.04 Å². The van der Waals surface area contributed by atoms with Crippen molar-refractivity contribution >= 4 is 5.65 Å². The van der Waals surface area contributed by atoms with Gasteiger partial charge in [0, 0.05) is 31.5 Å². The molecule has 0 spiro atoms. The average molecular weight is 231 g/mol. The van der Waals surface area contributed by atoms with Gasteiger partial charge in [-0.2, -0.15) is 0 Å². The van der Waals surface area contributed by atoms with Crippen LogP contribution in [0.3, 0.4) is 0 Å². The molecule has 90 valence electrons. The maximum Gasteiger partial charge on any atom is 0.137 e. The number of hydrogen-bond donors (Lipinski definition) is 0. The first kappa shape index (κ1) is 10.7. The second-order valence-corrected chi connectivity index (χ2v) is 4.59. The minimum absolute atomic E-state index is 0.480. The quantitative estimate of drug-likeness (QED) is 0.785. The molecule has 0 N–H and O–H groups in total. The number of aromatic nitrogens is 2. The molecule has 0 radical (unpaired) electrons. The molecule has 1 aliphatic rings. The van der Waals surface area contributed by atoms with Crippen LogP contribution >= 0.6 is 0 Å². The monoisotopic (exact) mass is 231 g/mol. The normalized spacial score (nSPS) is 22.1. The highest BCUT2D eigenvalue weighted by Gasteiger charge is 2.19. The molecular formula is C13H17N3O. The van der Waals surface area contributed by atoms with Crippen molar-refractivity contribution in [3.05, 3.63) is 36.3 Å². The highest BCUT2D eigenvalue weighted by Crippen LogP contribution is 2.12. The van der Waals surface area contributed by atoms with Gasteiger partial charge in [-0.05, 0) is 19.1 Å². The van der Waals surface area contributed by atoms with Gasteiger partial charge in [0.2, 0.25) is 0 Å². The van der Waals surface area contributed by atoms with Gasteiger partial charge in [-0.3, -0.25) is 4.90 Å². The summed E-state index contributed by atoms with van der Waals surface area (Å²) in [7, 11) is 0. The van der Waals surface area contributed by atoms with Crippen molar-refractivity contribution < 1.29 is 4.74 Å². The molecule has 1 unspecified atom stereocenters. The van der Waals surface area contributed by atoms with Gasteiger partial charge in [0.25, 0.3) is 0 Å². The predicted octanol–water partition coefficient (Wildman–Crippen LogP) is 1.55. The fraction of sp³-hybridized carbons (Fsp3) is 0.462. The van der Waals surface area contributed by atoms with Crippen molar-refractivity contribution in [2.45, 2.75) is 19.5 Å². The Kier molecular flexibility index (Phi) is 2.82. The molecule has 0 bridgehead atoms. The van der Waals surface area contributed by atoms with Gasteiger partial charge in [0.1, 0.15) is 5.65 Å². The van der Waals surface area contributed by atoms with Gasteiger partial charge in [-0.1, -0.05) is 6.07 Å². The van der Waals surface area contributed by atoms with E-state index in [1.54, 1.807) is 0 Å². The number of imidazole rings is 1. The van der Waals surface area contributed by atoms with Crippen LogP contribution in [0, 0.1) is 0 Å². The zero-order chi connectivity index (χ0) is 11.7. The van der Waals surface area contributed by atoms with Crippen molar-refractivity contribution in [3.63, 3.8) is 0 Å². The first-order chi connectivity index (χ1) is 8.33. The SMILES string of the molecule is CC1COCCN1Cc1cn2ccccc2n1. The Labute approximate surface area is 101 Å². The summed E-state index contributed by atoms with van der Waals surface area (Å²) in [5, 5.41) is 0. The van der Waals surface area contributed by atoms with E-state index in [1.165, 1.54) is 0 Å². The summed E-state index contributed by atoms with van der Waals surface area (Å²) in [5.41, 5.74) is 2.15. The van der Waals surface area contributed by atoms with Gasteiger partial charge >= 0.3 is 0 Å². The maximum absolute atomic E-state index is 5.44. The van der Waals surface area contributed by atoms with Crippen LogP contribution < -0.4 is 0 Å². The molecule has 0 aromatic carbocycles.